The molecule has 0 saturated heterocycles. The number of hydrogen-bond acceptors (Lipinski definition) is 11. The molecule has 372 valence electrons. The molecule has 4 rings (SSSR count). The molecule has 0 bridgehead atoms. The Hall–Kier alpha value is -7.33. The lowest BCUT2D eigenvalue weighted by molar-refractivity contribution is -0.141. The molecule has 3 aromatic carbocycles. The van der Waals surface area contributed by atoms with Gasteiger partial charge in [-0.1, -0.05) is 100 Å². The predicted molar refractivity (Wildman–Crippen MR) is 252 cm³/mol. The number of carboxylic acids is 1. The Morgan fingerprint density at radius 1 is 0.652 bits per heavy atom. The van der Waals surface area contributed by atoms with E-state index < -0.39 is 101 Å². The molecule has 69 heavy (non-hydrogen) atoms. The molecule has 0 aliphatic carbocycles. The maximum atomic E-state index is 14.2. The second-order valence-corrected chi connectivity index (χ2v) is 17.4. The maximum absolute atomic E-state index is 14.2. The number of aryl methyl sites for hydroxylation is 1. The molecule has 0 unspecified atom stereocenters. The van der Waals surface area contributed by atoms with Crippen molar-refractivity contribution in [2.24, 2.45) is 5.73 Å². The van der Waals surface area contributed by atoms with Gasteiger partial charge in [-0.15, -0.1) is 0 Å². The third-order valence-corrected chi connectivity index (χ3v) is 11.3. The number of carboxylic acid groups (broad SMARTS) is 1. The Bertz CT molecular complexity index is 2520. The van der Waals surface area contributed by atoms with Crippen LogP contribution in [0.25, 0.3) is 10.9 Å². The zero-order valence-electron chi connectivity index (χ0n) is 38.3. The second-order valence-electron chi connectivity index (χ2n) is 16.3. The van der Waals surface area contributed by atoms with E-state index in [1.54, 1.807) is 42.6 Å². The van der Waals surface area contributed by atoms with E-state index in [0.29, 0.717) is 42.4 Å². The van der Waals surface area contributed by atoms with Gasteiger partial charge in [0.1, 0.15) is 36.0 Å². The molecule has 0 fully saturated rings. The fourth-order valence-corrected chi connectivity index (χ4v) is 7.61. The number of H-pyrrole nitrogens is 1. The van der Waals surface area contributed by atoms with Crippen molar-refractivity contribution < 1.29 is 60.6 Å². The summed E-state index contributed by atoms with van der Waals surface area (Å²) in [5.41, 5.74) is 8.25. The molecule has 1 heterocycles. The number of primary amides is 1. The monoisotopic (exact) mass is 976 g/mol. The van der Waals surface area contributed by atoms with Crippen molar-refractivity contribution in [1.82, 2.24) is 36.9 Å². The van der Waals surface area contributed by atoms with Crippen LogP contribution in [0.5, 0.6) is 5.75 Å². The van der Waals surface area contributed by atoms with Gasteiger partial charge in [-0.2, -0.15) is 8.42 Å². The minimum atomic E-state index is -4.71. The number of unbranched alkanes of at least 4 members (excludes halogenated alkanes) is 2. The van der Waals surface area contributed by atoms with Crippen molar-refractivity contribution >= 4 is 68.6 Å². The van der Waals surface area contributed by atoms with E-state index in [-0.39, 0.29) is 44.3 Å². The zero-order chi connectivity index (χ0) is 50.5. The molecule has 21 nitrogen and oxygen atoms in total. The van der Waals surface area contributed by atoms with E-state index in [1.165, 1.54) is 24.3 Å². The van der Waals surface area contributed by atoms with Gasteiger partial charge in [-0.25, -0.2) is 0 Å². The fourth-order valence-electron chi connectivity index (χ4n) is 7.25. The summed E-state index contributed by atoms with van der Waals surface area (Å²) in [6.45, 7) is 3.14. The largest absolute Gasteiger partial charge is 0.481 e. The molecular formula is C47H60N8O13S. The van der Waals surface area contributed by atoms with Crippen molar-refractivity contribution in [1.29, 1.82) is 0 Å². The Kier molecular flexibility index (Phi) is 21.1. The molecule has 1 aromatic heterocycles. The number of rotatable bonds is 29. The number of nitrogens with two attached hydrogens (primary N) is 1. The van der Waals surface area contributed by atoms with E-state index in [9.17, 15) is 51.9 Å². The van der Waals surface area contributed by atoms with Crippen LogP contribution in [0.3, 0.4) is 0 Å². The van der Waals surface area contributed by atoms with Crippen LogP contribution in [0.15, 0.2) is 85.1 Å². The van der Waals surface area contributed by atoms with Crippen LogP contribution in [-0.2, 0) is 68.0 Å². The first-order valence-corrected chi connectivity index (χ1v) is 23.9. The number of para-hydroxylation sites is 1. The van der Waals surface area contributed by atoms with E-state index in [1.807, 2.05) is 32.0 Å². The highest BCUT2D eigenvalue weighted by Crippen LogP contribution is 2.20. The average Bonchev–Trinajstić information content (AvgIpc) is 3.71. The Morgan fingerprint density at radius 2 is 1.22 bits per heavy atom. The molecule has 11 N–H and O–H groups in total. The highest BCUT2D eigenvalue weighted by molar-refractivity contribution is 7.81. The molecule has 0 aliphatic rings. The van der Waals surface area contributed by atoms with Crippen LogP contribution in [0.4, 0.5) is 0 Å². The number of amides is 7. The van der Waals surface area contributed by atoms with Gasteiger partial charge < -0.3 is 51.9 Å². The molecular weight excluding hydrogens is 917 g/mol. The number of aromatic amines is 1. The van der Waals surface area contributed by atoms with Gasteiger partial charge in [0.25, 0.3) is 0 Å². The summed E-state index contributed by atoms with van der Waals surface area (Å²) in [4.78, 5) is 109. The lowest BCUT2D eigenvalue weighted by atomic mass is 10.0. The third-order valence-electron chi connectivity index (χ3n) is 10.9. The van der Waals surface area contributed by atoms with Gasteiger partial charge in [-0.05, 0) is 54.2 Å². The fraction of sp³-hybridized carbons (Fsp3) is 0.404. The summed E-state index contributed by atoms with van der Waals surface area (Å²) in [5.74, 6) is -7.06. The zero-order valence-corrected chi connectivity index (χ0v) is 39.1. The summed E-state index contributed by atoms with van der Waals surface area (Å²) in [6, 6.07) is 14.9. The molecule has 0 spiro atoms. The SMILES string of the molecule is CCCC[C@H](NC(=O)[C@H](Cc1c[nH]c2ccccc12)NC(=O)CNC(=O)[C@@H](CCCC)NC(=O)CCc1ccc(OS(=O)(=O)O)cc1)C(=O)N[C@@H](CC(=O)O)C(=O)N[C@@H](Cc1ccccc1)C(N)=O. The van der Waals surface area contributed by atoms with E-state index in [4.69, 9.17) is 10.3 Å². The van der Waals surface area contributed by atoms with Crippen molar-refractivity contribution in [3.8, 4) is 5.75 Å². The molecule has 0 radical (unpaired) electrons. The quantitative estimate of drug-likeness (QED) is 0.0347. The summed E-state index contributed by atoms with van der Waals surface area (Å²) < 4.78 is 35.2. The molecule has 22 heteroatoms. The normalized spacial score (nSPS) is 13.4. The van der Waals surface area contributed by atoms with Crippen molar-refractivity contribution in [2.45, 2.75) is 115 Å². The van der Waals surface area contributed by atoms with Crippen molar-refractivity contribution in [3.63, 3.8) is 0 Å². The highest BCUT2D eigenvalue weighted by Gasteiger charge is 2.33. The molecule has 0 saturated carbocycles. The Morgan fingerprint density at radius 3 is 1.84 bits per heavy atom. The van der Waals surface area contributed by atoms with Gasteiger partial charge in [0.05, 0.1) is 13.0 Å². The van der Waals surface area contributed by atoms with E-state index in [2.05, 4.69) is 41.1 Å². The summed E-state index contributed by atoms with van der Waals surface area (Å²) in [5, 5.41) is 25.8. The van der Waals surface area contributed by atoms with Crippen LogP contribution in [0, 0.1) is 0 Å². The van der Waals surface area contributed by atoms with Gasteiger partial charge in [0.2, 0.25) is 41.4 Å². The number of carbonyl (C=O) groups is 8. The van der Waals surface area contributed by atoms with Crippen molar-refractivity contribution in [2.75, 3.05) is 6.54 Å². The van der Waals surface area contributed by atoms with Gasteiger partial charge in [0, 0.05) is 36.4 Å². The van der Waals surface area contributed by atoms with Gasteiger partial charge in [0.15, 0.2) is 0 Å². The molecule has 7 amide bonds. The van der Waals surface area contributed by atoms with E-state index in [0.717, 1.165) is 10.9 Å². The summed E-state index contributed by atoms with van der Waals surface area (Å²) >= 11 is 0. The number of nitrogens with one attached hydrogen (secondary N) is 7. The van der Waals surface area contributed by atoms with Crippen molar-refractivity contribution in [3.05, 3.63) is 102 Å². The van der Waals surface area contributed by atoms with Crippen LogP contribution in [0.1, 0.15) is 81.9 Å². The lowest BCUT2D eigenvalue weighted by Gasteiger charge is -2.26. The van der Waals surface area contributed by atoms with Crippen LogP contribution in [-0.4, -0.2) is 107 Å². The maximum Gasteiger partial charge on any atom is 0.446 e. The van der Waals surface area contributed by atoms with Gasteiger partial charge >= 0.3 is 16.4 Å². The Labute approximate surface area is 399 Å². The first kappa shape index (κ1) is 54.3. The van der Waals surface area contributed by atoms with Crippen LogP contribution in [0.2, 0.25) is 0 Å². The second kappa shape index (κ2) is 26.9. The lowest BCUT2D eigenvalue weighted by Crippen LogP contribution is -2.59. The highest BCUT2D eigenvalue weighted by atomic mass is 32.3. The summed E-state index contributed by atoms with van der Waals surface area (Å²) in [6.07, 6.45) is 3.44. The van der Waals surface area contributed by atoms with E-state index >= 15 is 0 Å². The first-order valence-electron chi connectivity index (χ1n) is 22.5. The minimum absolute atomic E-state index is 0.00429. The topological polar surface area (TPSA) is 334 Å². The van der Waals surface area contributed by atoms with Crippen LogP contribution < -0.4 is 41.8 Å². The Balaban J connectivity index is 1.46. The average molecular weight is 977 g/mol. The number of hydrogen-bond donors (Lipinski definition) is 10. The first-order chi connectivity index (χ1) is 32.8. The number of fused-ring (bicyclic) bond motifs is 1. The smallest absolute Gasteiger partial charge is 0.446 e. The number of aromatic nitrogens is 1. The molecule has 0 aliphatic heterocycles. The molecule has 5 atom stereocenters. The number of benzene rings is 3. The number of aliphatic carboxylic acids is 1. The number of carbonyl (C=O) groups excluding carboxylic acids is 7. The standard InChI is InChI=1S/C47H60N8O13S/c1-3-5-15-35(51-40(56)23-20-29-18-21-32(22-19-29)68-69(65,66)67)44(61)50-28-41(57)52-38(25-31-27-49-34-17-11-10-14-33(31)34)46(63)53-36(16-6-4-2)45(62)55-39(26-42(58)59)47(64)54-37(43(48)60)24-30-12-8-7-9-13-30/h7-14,17-19,21-22,27,35-39,49H,3-6,15-16,20,23-26,28H2,1-2H3,(H2,48,60)(H,50,61)(H,51,56)(H,52,57)(H,53,63)(H,54,64)(H,55,62)(H,58,59)(H,65,66,67)/t35-,36+,37+,38+,39+/m1/s1. The molecule has 4 aromatic rings. The predicted octanol–water partition coefficient (Wildman–Crippen LogP) is 1.65. The van der Waals surface area contributed by atoms with Gasteiger partial charge in [-0.3, -0.25) is 42.9 Å². The minimum Gasteiger partial charge on any atom is -0.481 e. The third kappa shape index (κ3) is 18.7. The van der Waals surface area contributed by atoms with Crippen LogP contribution >= 0.6 is 0 Å². The summed E-state index contributed by atoms with van der Waals surface area (Å²) in [7, 11) is -4.71.